The van der Waals surface area contributed by atoms with Crippen LogP contribution in [0, 0.1) is 0 Å². The average molecular weight is 274 g/mol. The lowest BCUT2D eigenvalue weighted by molar-refractivity contribution is 0.194. The molecule has 2 N–H and O–H groups in total. The van der Waals surface area contributed by atoms with Gasteiger partial charge in [-0.25, -0.2) is 0 Å². The molecule has 3 nitrogen and oxygen atoms in total. The van der Waals surface area contributed by atoms with Crippen molar-refractivity contribution in [3.63, 3.8) is 0 Å². The first-order valence-electron chi connectivity index (χ1n) is 5.70. The van der Waals surface area contributed by atoms with Gasteiger partial charge in [0.15, 0.2) is 0 Å². The predicted octanol–water partition coefficient (Wildman–Crippen LogP) is 1.56. The van der Waals surface area contributed by atoms with Crippen molar-refractivity contribution < 1.29 is 9.32 Å². The first kappa shape index (κ1) is 13.0. The zero-order valence-corrected chi connectivity index (χ0v) is 11.0. The van der Waals surface area contributed by atoms with Crippen LogP contribution in [0.2, 0.25) is 5.02 Å². The van der Waals surface area contributed by atoms with Crippen molar-refractivity contribution in [2.24, 2.45) is 0 Å². The molecule has 0 radical (unpaired) electrons. The number of aliphatic hydroxyl groups is 1. The van der Waals surface area contributed by atoms with Gasteiger partial charge in [0, 0.05) is 22.5 Å². The number of hydrogen-bond donors (Lipinski definition) is 2. The maximum Gasteiger partial charge on any atom is 0.0783 e. The molecule has 1 aromatic carbocycles. The first-order valence-corrected chi connectivity index (χ1v) is 7.40. The molecule has 0 heterocycles. The Kier molecular flexibility index (Phi) is 4.56. The van der Waals surface area contributed by atoms with Gasteiger partial charge in [-0.05, 0) is 31.0 Å². The molecular weight excluding hydrogens is 258 g/mol. The van der Waals surface area contributed by atoms with Gasteiger partial charge in [0.1, 0.15) is 0 Å². The highest BCUT2D eigenvalue weighted by atomic mass is 35.5. The summed E-state index contributed by atoms with van der Waals surface area (Å²) in [7, 11) is -1.19. The molecule has 2 rings (SSSR count). The number of benzene rings is 1. The highest BCUT2D eigenvalue weighted by molar-refractivity contribution is 7.85. The van der Waals surface area contributed by atoms with Gasteiger partial charge in [-0.15, -0.1) is 0 Å². The van der Waals surface area contributed by atoms with Crippen LogP contribution in [0.5, 0.6) is 0 Å². The van der Waals surface area contributed by atoms with Gasteiger partial charge in [0.05, 0.1) is 22.7 Å². The second kappa shape index (κ2) is 5.96. The summed E-state index contributed by atoms with van der Waals surface area (Å²) in [5.41, 5.74) is 0. The number of aliphatic hydroxyl groups excluding tert-OH is 1. The van der Waals surface area contributed by atoms with E-state index in [1.165, 1.54) is 12.8 Å². The fraction of sp³-hybridized carbons (Fsp3) is 0.500. The largest absolute Gasteiger partial charge is 0.391 e. The molecule has 0 amide bonds. The van der Waals surface area contributed by atoms with Crippen molar-refractivity contribution in [1.82, 2.24) is 5.32 Å². The van der Waals surface area contributed by atoms with E-state index in [1.54, 1.807) is 24.3 Å². The third-order valence-corrected chi connectivity index (χ3v) is 4.32. The van der Waals surface area contributed by atoms with Gasteiger partial charge in [0.25, 0.3) is 0 Å². The topological polar surface area (TPSA) is 49.3 Å². The monoisotopic (exact) mass is 273 g/mol. The van der Waals surface area contributed by atoms with Gasteiger partial charge in [-0.2, -0.15) is 0 Å². The van der Waals surface area contributed by atoms with E-state index in [2.05, 4.69) is 5.32 Å². The fourth-order valence-corrected chi connectivity index (χ4v) is 2.93. The lowest BCUT2D eigenvalue weighted by atomic mass is 10.4. The Balaban J connectivity index is 1.82. The van der Waals surface area contributed by atoms with Gasteiger partial charge < -0.3 is 10.4 Å². The number of halogens is 1. The Morgan fingerprint density at radius 1 is 1.53 bits per heavy atom. The third kappa shape index (κ3) is 4.39. The summed E-state index contributed by atoms with van der Waals surface area (Å²) in [6.07, 6.45) is 1.80. The molecule has 0 aliphatic heterocycles. The molecule has 0 saturated heterocycles. The number of nitrogens with one attached hydrogen (secondary N) is 1. The smallest absolute Gasteiger partial charge is 0.0783 e. The van der Waals surface area contributed by atoms with Crippen LogP contribution in [-0.2, 0) is 10.8 Å². The molecule has 94 valence electrons. The molecule has 1 saturated carbocycles. The van der Waals surface area contributed by atoms with E-state index in [4.69, 9.17) is 11.6 Å². The molecule has 5 heteroatoms. The minimum Gasteiger partial charge on any atom is -0.391 e. The molecule has 17 heavy (non-hydrogen) atoms. The number of hydrogen-bond acceptors (Lipinski definition) is 3. The van der Waals surface area contributed by atoms with Crippen LogP contribution in [0.1, 0.15) is 12.8 Å². The molecule has 2 atom stereocenters. The molecular formula is C12H16ClNO2S. The van der Waals surface area contributed by atoms with Crippen LogP contribution < -0.4 is 5.32 Å². The highest BCUT2D eigenvalue weighted by Gasteiger charge is 2.22. The first-order chi connectivity index (χ1) is 8.15. The van der Waals surface area contributed by atoms with E-state index < -0.39 is 16.9 Å². The maximum absolute atomic E-state index is 11.9. The summed E-state index contributed by atoms with van der Waals surface area (Å²) < 4.78 is 11.9. The lowest BCUT2D eigenvalue weighted by Gasteiger charge is -2.11. The third-order valence-electron chi connectivity index (χ3n) is 2.62. The van der Waals surface area contributed by atoms with E-state index in [-0.39, 0.29) is 5.75 Å². The van der Waals surface area contributed by atoms with Crippen LogP contribution in [0.4, 0.5) is 0 Å². The summed E-state index contributed by atoms with van der Waals surface area (Å²) in [6, 6.07) is 7.52. The molecule has 2 unspecified atom stereocenters. The normalized spacial score (nSPS) is 18.9. The van der Waals surface area contributed by atoms with Crippen LogP contribution >= 0.6 is 11.6 Å². The summed E-state index contributed by atoms with van der Waals surface area (Å²) >= 11 is 5.83. The second-order valence-electron chi connectivity index (χ2n) is 4.31. The zero-order valence-electron chi connectivity index (χ0n) is 9.43. The number of rotatable bonds is 6. The van der Waals surface area contributed by atoms with Gasteiger partial charge in [-0.1, -0.05) is 17.7 Å². The second-order valence-corrected chi connectivity index (χ2v) is 6.24. The Labute approximate surface area is 109 Å². The Bertz CT molecular complexity index is 409. The molecule has 1 aromatic rings. The van der Waals surface area contributed by atoms with Crippen molar-refractivity contribution in [3.8, 4) is 0 Å². The fourth-order valence-electron chi connectivity index (χ4n) is 1.53. The predicted molar refractivity (Wildman–Crippen MR) is 69.8 cm³/mol. The Morgan fingerprint density at radius 2 is 2.29 bits per heavy atom. The van der Waals surface area contributed by atoms with Crippen LogP contribution in [-0.4, -0.2) is 33.8 Å². The molecule has 0 spiro atoms. The molecule has 1 aliphatic carbocycles. The van der Waals surface area contributed by atoms with E-state index >= 15 is 0 Å². The van der Waals surface area contributed by atoms with E-state index in [1.807, 2.05) is 0 Å². The standard InChI is InChI=1S/C12H16ClNO2S/c13-9-2-1-3-12(6-9)17(16)8-11(15)7-14-10-4-5-10/h1-3,6,10-11,14-15H,4-5,7-8H2. The van der Waals surface area contributed by atoms with Gasteiger partial charge >= 0.3 is 0 Å². The van der Waals surface area contributed by atoms with Crippen LogP contribution in [0.25, 0.3) is 0 Å². The lowest BCUT2D eigenvalue weighted by Crippen LogP contribution is -2.32. The van der Waals surface area contributed by atoms with Crippen molar-refractivity contribution in [2.75, 3.05) is 12.3 Å². The maximum atomic E-state index is 11.9. The minimum absolute atomic E-state index is 0.250. The van der Waals surface area contributed by atoms with Crippen molar-refractivity contribution in [3.05, 3.63) is 29.3 Å². The van der Waals surface area contributed by atoms with Crippen LogP contribution in [0.15, 0.2) is 29.2 Å². The molecule has 0 aromatic heterocycles. The quantitative estimate of drug-likeness (QED) is 0.827. The minimum atomic E-state index is -1.19. The zero-order chi connectivity index (χ0) is 12.3. The van der Waals surface area contributed by atoms with Crippen molar-refractivity contribution in [1.29, 1.82) is 0 Å². The Morgan fingerprint density at radius 3 is 2.94 bits per heavy atom. The molecule has 1 fully saturated rings. The van der Waals surface area contributed by atoms with Gasteiger partial charge in [-0.3, -0.25) is 4.21 Å². The summed E-state index contributed by atoms with van der Waals surface area (Å²) in [6.45, 7) is 0.511. The van der Waals surface area contributed by atoms with Gasteiger partial charge in [0.2, 0.25) is 0 Å². The Hall–Kier alpha value is -0.420. The summed E-state index contributed by atoms with van der Waals surface area (Å²) in [4.78, 5) is 0.669. The summed E-state index contributed by atoms with van der Waals surface area (Å²) in [5.74, 6) is 0.250. The highest BCUT2D eigenvalue weighted by Crippen LogP contribution is 2.18. The summed E-state index contributed by atoms with van der Waals surface area (Å²) in [5, 5.41) is 13.5. The SMILES string of the molecule is O=S(CC(O)CNC1CC1)c1cccc(Cl)c1. The van der Waals surface area contributed by atoms with Crippen LogP contribution in [0.3, 0.4) is 0 Å². The van der Waals surface area contributed by atoms with E-state index in [0.29, 0.717) is 22.5 Å². The van der Waals surface area contributed by atoms with E-state index in [9.17, 15) is 9.32 Å². The van der Waals surface area contributed by atoms with Crippen molar-refractivity contribution >= 4 is 22.4 Å². The molecule has 1 aliphatic rings. The molecule has 0 bridgehead atoms. The average Bonchev–Trinajstić information content (AvgIpc) is 3.10. The van der Waals surface area contributed by atoms with E-state index in [0.717, 1.165) is 0 Å². The van der Waals surface area contributed by atoms with Crippen molar-refractivity contribution in [2.45, 2.75) is 29.9 Å².